The maximum Gasteiger partial charge on any atom is 0.154 e. The Balaban J connectivity index is 2.27. The normalized spacial score (nSPS) is 12.7. The molecule has 16 heavy (non-hydrogen) atoms. The smallest absolute Gasteiger partial charge is 0.154 e. The van der Waals surface area contributed by atoms with Crippen molar-refractivity contribution in [3.63, 3.8) is 0 Å². The lowest BCUT2D eigenvalue weighted by atomic mass is 10.1. The summed E-state index contributed by atoms with van der Waals surface area (Å²) < 4.78 is 1.07. The Labute approximate surface area is 104 Å². The Morgan fingerprint density at radius 1 is 1.38 bits per heavy atom. The lowest BCUT2D eigenvalue weighted by Gasteiger charge is -2.10. The van der Waals surface area contributed by atoms with Crippen LogP contribution < -0.4 is 5.73 Å². The van der Waals surface area contributed by atoms with E-state index < -0.39 is 0 Å². The Bertz CT molecular complexity index is 477. The number of thiazole rings is 1. The van der Waals surface area contributed by atoms with Crippen molar-refractivity contribution in [1.29, 1.82) is 0 Å². The highest BCUT2D eigenvalue weighted by Gasteiger charge is 2.09. The van der Waals surface area contributed by atoms with Crippen molar-refractivity contribution in [3.05, 3.63) is 40.9 Å². The fraction of sp³-hybridized carbons (Fsp3) is 0.250. The SMILES string of the molecule is Cc1csc(Sc2ccccc2[C@@H](C)N)n1. The lowest BCUT2D eigenvalue weighted by molar-refractivity contribution is 0.797. The van der Waals surface area contributed by atoms with Gasteiger partial charge in [-0.3, -0.25) is 0 Å². The molecule has 0 aliphatic rings. The van der Waals surface area contributed by atoms with Crippen molar-refractivity contribution in [1.82, 2.24) is 4.98 Å². The van der Waals surface area contributed by atoms with Gasteiger partial charge < -0.3 is 5.73 Å². The molecule has 0 saturated heterocycles. The van der Waals surface area contributed by atoms with Gasteiger partial charge in [0.05, 0.1) is 0 Å². The topological polar surface area (TPSA) is 38.9 Å². The van der Waals surface area contributed by atoms with Gasteiger partial charge in [0.25, 0.3) is 0 Å². The highest BCUT2D eigenvalue weighted by Crippen LogP contribution is 2.34. The minimum atomic E-state index is 0.0600. The van der Waals surface area contributed by atoms with Crippen LogP contribution in [0.1, 0.15) is 24.2 Å². The van der Waals surface area contributed by atoms with E-state index in [2.05, 4.69) is 22.5 Å². The van der Waals surface area contributed by atoms with Crippen LogP contribution in [0.15, 0.2) is 38.9 Å². The molecule has 1 aromatic carbocycles. The molecule has 0 saturated carbocycles. The van der Waals surface area contributed by atoms with Gasteiger partial charge in [-0.1, -0.05) is 30.0 Å². The number of aromatic nitrogens is 1. The van der Waals surface area contributed by atoms with Gasteiger partial charge in [0.2, 0.25) is 0 Å². The van der Waals surface area contributed by atoms with Gasteiger partial charge in [-0.15, -0.1) is 11.3 Å². The van der Waals surface area contributed by atoms with E-state index in [9.17, 15) is 0 Å². The van der Waals surface area contributed by atoms with Crippen LogP contribution in [0.4, 0.5) is 0 Å². The summed E-state index contributed by atoms with van der Waals surface area (Å²) in [5, 5.41) is 2.07. The second kappa shape index (κ2) is 4.99. The zero-order chi connectivity index (χ0) is 11.5. The van der Waals surface area contributed by atoms with E-state index in [1.807, 2.05) is 26.0 Å². The van der Waals surface area contributed by atoms with Crippen molar-refractivity contribution >= 4 is 23.1 Å². The second-order valence-electron chi connectivity index (χ2n) is 3.68. The minimum Gasteiger partial charge on any atom is -0.324 e. The number of aryl methyl sites for hydroxylation is 1. The molecule has 1 atom stereocenters. The first-order valence-corrected chi connectivity index (χ1v) is 6.81. The molecule has 0 aliphatic carbocycles. The maximum atomic E-state index is 5.94. The van der Waals surface area contributed by atoms with Crippen molar-refractivity contribution in [3.8, 4) is 0 Å². The fourth-order valence-electron chi connectivity index (χ4n) is 1.42. The van der Waals surface area contributed by atoms with E-state index in [0.29, 0.717) is 0 Å². The van der Waals surface area contributed by atoms with Crippen molar-refractivity contribution in [2.75, 3.05) is 0 Å². The molecule has 0 amide bonds. The molecular weight excluding hydrogens is 236 g/mol. The molecule has 2 aromatic rings. The Kier molecular flexibility index (Phi) is 3.63. The van der Waals surface area contributed by atoms with Crippen LogP contribution in [0.5, 0.6) is 0 Å². The van der Waals surface area contributed by atoms with Gasteiger partial charge >= 0.3 is 0 Å². The quantitative estimate of drug-likeness (QED) is 0.904. The third kappa shape index (κ3) is 2.64. The molecule has 0 bridgehead atoms. The van der Waals surface area contributed by atoms with Crippen molar-refractivity contribution in [2.24, 2.45) is 5.73 Å². The molecule has 0 fully saturated rings. The molecule has 0 aliphatic heterocycles. The van der Waals surface area contributed by atoms with Crippen LogP contribution >= 0.6 is 23.1 Å². The molecule has 0 radical (unpaired) electrons. The molecule has 0 unspecified atom stereocenters. The summed E-state index contributed by atoms with van der Waals surface area (Å²) in [5.41, 5.74) is 8.20. The number of hydrogen-bond donors (Lipinski definition) is 1. The average Bonchev–Trinajstić information content (AvgIpc) is 2.64. The second-order valence-corrected chi connectivity index (χ2v) is 5.83. The Morgan fingerprint density at radius 3 is 2.75 bits per heavy atom. The number of nitrogens with two attached hydrogens (primary N) is 1. The third-order valence-electron chi connectivity index (χ3n) is 2.20. The van der Waals surface area contributed by atoms with Gasteiger partial charge in [-0.05, 0) is 25.5 Å². The zero-order valence-corrected chi connectivity index (χ0v) is 10.9. The molecule has 2 rings (SSSR count). The summed E-state index contributed by atoms with van der Waals surface area (Å²) in [6.07, 6.45) is 0. The number of hydrogen-bond acceptors (Lipinski definition) is 4. The molecule has 0 spiro atoms. The van der Waals surface area contributed by atoms with E-state index in [-0.39, 0.29) is 6.04 Å². The molecule has 1 aromatic heterocycles. The first-order valence-electron chi connectivity index (χ1n) is 5.11. The van der Waals surface area contributed by atoms with E-state index in [4.69, 9.17) is 5.73 Å². The number of benzene rings is 1. The van der Waals surface area contributed by atoms with Gasteiger partial charge in [-0.25, -0.2) is 4.98 Å². The molecule has 2 N–H and O–H groups in total. The summed E-state index contributed by atoms with van der Waals surface area (Å²) in [4.78, 5) is 5.65. The largest absolute Gasteiger partial charge is 0.324 e. The fourth-order valence-corrected chi connectivity index (χ4v) is 3.45. The average molecular weight is 250 g/mol. The predicted molar refractivity (Wildman–Crippen MR) is 70.0 cm³/mol. The van der Waals surface area contributed by atoms with Crippen molar-refractivity contribution < 1.29 is 0 Å². The lowest BCUT2D eigenvalue weighted by Crippen LogP contribution is -2.05. The van der Waals surface area contributed by atoms with Crippen molar-refractivity contribution in [2.45, 2.75) is 29.1 Å². The van der Waals surface area contributed by atoms with Crippen LogP contribution in [0, 0.1) is 6.92 Å². The van der Waals surface area contributed by atoms with Crippen LogP contribution in [0.2, 0.25) is 0 Å². The number of rotatable bonds is 3. The van der Waals surface area contributed by atoms with E-state index >= 15 is 0 Å². The van der Waals surface area contributed by atoms with Gasteiger partial charge in [0, 0.05) is 22.0 Å². The minimum absolute atomic E-state index is 0.0600. The molecule has 84 valence electrons. The van der Waals surface area contributed by atoms with Gasteiger partial charge in [-0.2, -0.15) is 0 Å². The third-order valence-corrected chi connectivity index (χ3v) is 4.35. The summed E-state index contributed by atoms with van der Waals surface area (Å²) in [6, 6.07) is 8.29. The Morgan fingerprint density at radius 2 is 2.12 bits per heavy atom. The van der Waals surface area contributed by atoms with Gasteiger partial charge in [0.15, 0.2) is 4.34 Å². The monoisotopic (exact) mass is 250 g/mol. The predicted octanol–water partition coefficient (Wildman–Crippen LogP) is 3.62. The highest BCUT2D eigenvalue weighted by atomic mass is 32.2. The van der Waals surface area contributed by atoms with Crippen LogP contribution in [-0.4, -0.2) is 4.98 Å². The van der Waals surface area contributed by atoms with Crippen LogP contribution in [0.25, 0.3) is 0 Å². The zero-order valence-electron chi connectivity index (χ0n) is 9.31. The van der Waals surface area contributed by atoms with Crippen LogP contribution in [-0.2, 0) is 0 Å². The van der Waals surface area contributed by atoms with E-state index in [1.54, 1.807) is 23.1 Å². The molecular formula is C12H14N2S2. The highest BCUT2D eigenvalue weighted by molar-refractivity contribution is 8.01. The maximum absolute atomic E-state index is 5.94. The summed E-state index contributed by atoms with van der Waals surface area (Å²) in [6.45, 7) is 4.02. The summed E-state index contributed by atoms with van der Waals surface area (Å²) >= 11 is 3.37. The Hall–Kier alpha value is -0.840. The van der Waals surface area contributed by atoms with Gasteiger partial charge in [0.1, 0.15) is 0 Å². The number of nitrogens with zero attached hydrogens (tertiary/aromatic N) is 1. The van der Waals surface area contributed by atoms with Crippen LogP contribution in [0.3, 0.4) is 0 Å². The summed E-state index contributed by atoms with van der Waals surface area (Å²) in [5.74, 6) is 0. The molecule has 2 nitrogen and oxygen atoms in total. The molecule has 4 heteroatoms. The molecule has 1 heterocycles. The van der Waals surface area contributed by atoms with E-state index in [0.717, 1.165) is 10.0 Å². The standard InChI is InChI=1S/C12H14N2S2/c1-8-7-15-12(14-8)16-11-6-4-3-5-10(11)9(2)13/h3-7,9H,13H2,1-2H3/t9-/m1/s1. The summed E-state index contributed by atoms with van der Waals surface area (Å²) in [7, 11) is 0. The first kappa shape index (κ1) is 11.6. The first-order chi connectivity index (χ1) is 7.66. The van der Waals surface area contributed by atoms with E-state index in [1.165, 1.54) is 10.5 Å².